The minimum atomic E-state index is -3.60. The minimum Gasteiger partial charge on any atom is -0.489 e. The topological polar surface area (TPSA) is 126 Å². The third-order valence-electron chi connectivity index (χ3n) is 8.49. The van der Waals surface area contributed by atoms with Crippen molar-refractivity contribution in [2.24, 2.45) is 11.5 Å². The molecule has 6 N–H and O–H groups in total. The van der Waals surface area contributed by atoms with E-state index in [1.165, 1.54) is 11.1 Å². The van der Waals surface area contributed by atoms with Gasteiger partial charge in [0.05, 0.1) is 27.6 Å². The van der Waals surface area contributed by atoms with E-state index in [-0.39, 0.29) is 11.0 Å². The predicted octanol–water partition coefficient (Wildman–Crippen LogP) is 3.88. The highest BCUT2D eigenvalue weighted by Gasteiger charge is 2.42. The van der Waals surface area contributed by atoms with Gasteiger partial charge in [-0.3, -0.25) is 10.6 Å². The van der Waals surface area contributed by atoms with Crippen LogP contribution in [0.25, 0.3) is 0 Å². The molecule has 2 aromatic rings. The Morgan fingerprint density at radius 2 is 1.71 bits per heavy atom. The van der Waals surface area contributed by atoms with Gasteiger partial charge in [-0.15, -0.1) is 0 Å². The molecule has 224 valence electrons. The van der Waals surface area contributed by atoms with Crippen LogP contribution in [0.5, 0.6) is 5.75 Å². The Bertz CT molecular complexity index is 1400. The van der Waals surface area contributed by atoms with Crippen molar-refractivity contribution >= 4 is 21.2 Å². The smallest absolute Gasteiger partial charge is 0.182 e. The molecule has 10 heteroatoms. The first-order valence-corrected chi connectivity index (χ1v) is 16.5. The second-order valence-corrected chi connectivity index (χ2v) is 14.4. The van der Waals surface area contributed by atoms with E-state index in [1.807, 2.05) is 30.9 Å². The Balaban J connectivity index is 1.68. The molecule has 0 radical (unpaired) electrons. The second-order valence-electron chi connectivity index (χ2n) is 12.0. The van der Waals surface area contributed by atoms with E-state index in [4.69, 9.17) is 16.2 Å². The van der Waals surface area contributed by atoms with Gasteiger partial charge in [0.1, 0.15) is 17.7 Å². The lowest BCUT2D eigenvalue weighted by molar-refractivity contribution is 0.241. The van der Waals surface area contributed by atoms with E-state index >= 15 is 0 Å². The number of nitrogens with zero attached hydrogens (tertiary/aromatic N) is 2. The predicted molar refractivity (Wildman–Crippen MR) is 166 cm³/mol. The lowest BCUT2D eigenvalue weighted by Gasteiger charge is -2.51. The summed E-state index contributed by atoms with van der Waals surface area (Å²) >= 11 is 0. The van der Waals surface area contributed by atoms with Crippen molar-refractivity contribution in [2.75, 3.05) is 29.4 Å². The Morgan fingerprint density at radius 1 is 1.00 bits per heavy atom. The van der Waals surface area contributed by atoms with E-state index in [0.717, 1.165) is 68.1 Å². The van der Waals surface area contributed by atoms with Crippen molar-refractivity contribution in [1.82, 2.24) is 10.6 Å². The van der Waals surface area contributed by atoms with Crippen molar-refractivity contribution in [3.8, 4) is 5.75 Å². The molecule has 3 heterocycles. The quantitative estimate of drug-likeness (QED) is 0.385. The largest absolute Gasteiger partial charge is 0.489 e. The number of hydrogen-bond donors (Lipinski definition) is 4. The van der Waals surface area contributed by atoms with Gasteiger partial charge in [0, 0.05) is 12.1 Å². The fourth-order valence-electron chi connectivity index (χ4n) is 6.35. The van der Waals surface area contributed by atoms with Gasteiger partial charge in [0.15, 0.2) is 16.1 Å². The first-order chi connectivity index (χ1) is 19.5. The summed E-state index contributed by atoms with van der Waals surface area (Å²) in [7, 11) is -3.60. The maximum atomic E-state index is 13.5. The van der Waals surface area contributed by atoms with Crippen LogP contribution in [0.4, 0.5) is 11.4 Å². The molecule has 2 aromatic carbocycles. The van der Waals surface area contributed by atoms with Crippen LogP contribution in [0.3, 0.4) is 0 Å². The van der Waals surface area contributed by atoms with Gasteiger partial charge < -0.3 is 26.0 Å². The molecule has 0 spiro atoms. The Kier molecular flexibility index (Phi) is 8.57. The van der Waals surface area contributed by atoms with Crippen LogP contribution in [0, 0.1) is 6.92 Å². The van der Waals surface area contributed by atoms with Crippen LogP contribution in [-0.2, 0) is 9.84 Å². The van der Waals surface area contributed by atoms with Gasteiger partial charge in [-0.05, 0) is 115 Å². The molecular formula is C31H46N6O3S. The zero-order valence-electron chi connectivity index (χ0n) is 25.0. The second kappa shape index (κ2) is 11.8. The molecule has 3 aliphatic heterocycles. The molecule has 9 nitrogen and oxygen atoms in total. The average molecular weight is 583 g/mol. The van der Waals surface area contributed by atoms with E-state index in [2.05, 4.69) is 34.6 Å². The summed E-state index contributed by atoms with van der Waals surface area (Å²) in [5, 5.41) is 6.46. The lowest BCUT2D eigenvalue weighted by Crippen LogP contribution is -2.67. The molecule has 0 bridgehead atoms. The van der Waals surface area contributed by atoms with E-state index in [0.29, 0.717) is 11.6 Å². The van der Waals surface area contributed by atoms with E-state index < -0.39 is 27.5 Å². The number of sulfone groups is 1. The zero-order valence-corrected chi connectivity index (χ0v) is 25.8. The molecule has 0 amide bonds. The number of anilines is 2. The minimum absolute atomic E-state index is 0.0404. The third kappa shape index (κ3) is 5.55. The van der Waals surface area contributed by atoms with Crippen LogP contribution in [-0.4, -0.2) is 51.9 Å². The summed E-state index contributed by atoms with van der Waals surface area (Å²) in [5.41, 5.74) is 19.0. The third-order valence-corrected chi connectivity index (χ3v) is 10.7. The standard InChI is InChI=1S/C31H46N6O3S/c1-19(2)40-27-18-24(22-12-15-34-16-13-22)21(5)17-26(27)37-30-23(9-8-14-35-30)29(32)36(31(37)33)25-10-6-7-11-28(25)41(38,39)20(3)4/h6-7,10-11,17-20,22,29,31,34-35H,8-9,12-16,32-33H2,1-5H3. The van der Waals surface area contributed by atoms with Crippen molar-refractivity contribution in [1.29, 1.82) is 0 Å². The Morgan fingerprint density at radius 3 is 2.39 bits per heavy atom. The normalized spacial score (nSPS) is 22.3. The summed E-state index contributed by atoms with van der Waals surface area (Å²) < 4.78 is 33.4. The summed E-state index contributed by atoms with van der Waals surface area (Å²) in [6.07, 6.45) is 2.48. The number of aryl methyl sites for hydroxylation is 1. The summed E-state index contributed by atoms with van der Waals surface area (Å²) in [6.45, 7) is 12.4. The van der Waals surface area contributed by atoms with Crippen LogP contribution >= 0.6 is 0 Å². The van der Waals surface area contributed by atoms with E-state index in [1.54, 1.807) is 26.0 Å². The highest BCUT2D eigenvalue weighted by molar-refractivity contribution is 7.92. The highest BCUT2D eigenvalue weighted by atomic mass is 32.2. The number of rotatable bonds is 7. The van der Waals surface area contributed by atoms with Crippen molar-refractivity contribution in [3.63, 3.8) is 0 Å². The lowest BCUT2D eigenvalue weighted by atomic mass is 9.87. The molecule has 41 heavy (non-hydrogen) atoms. The SMILES string of the molecule is Cc1cc(N2C3=C(CCCN3)C(N)N(c3ccccc3S(=O)(=O)C(C)C)C2N)c(OC(C)C)cc1C1CCNCC1. The van der Waals surface area contributed by atoms with E-state index in [9.17, 15) is 8.42 Å². The van der Waals surface area contributed by atoms with Crippen molar-refractivity contribution in [3.05, 3.63) is 58.9 Å². The van der Waals surface area contributed by atoms with Crippen LogP contribution in [0.15, 0.2) is 52.7 Å². The molecule has 1 fully saturated rings. The molecule has 2 atom stereocenters. The number of nitrogens with two attached hydrogens (primary N) is 2. The molecule has 0 aliphatic carbocycles. The van der Waals surface area contributed by atoms with Crippen LogP contribution < -0.4 is 36.6 Å². The number of hydrogen-bond acceptors (Lipinski definition) is 9. The summed E-state index contributed by atoms with van der Waals surface area (Å²) in [4.78, 5) is 4.16. The fourth-order valence-corrected chi connectivity index (χ4v) is 7.59. The van der Waals surface area contributed by atoms with Crippen LogP contribution in [0.2, 0.25) is 0 Å². The molecule has 5 rings (SSSR count). The average Bonchev–Trinajstić information content (AvgIpc) is 2.95. The molecular weight excluding hydrogens is 536 g/mol. The maximum Gasteiger partial charge on any atom is 0.182 e. The van der Waals surface area contributed by atoms with Gasteiger partial charge in [-0.2, -0.15) is 0 Å². The van der Waals surface area contributed by atoms with Gasteiger partial charge in [-0.1, -0.05) is 12.1 Å². The van der Waals surface area contributed by atoms with Gasteiger partial charge in [-0.25, -0.2) is 8.42 Å². The van der Waals surface area contributed by atoms with Crippen molar-refractivity contribution < 1.29 is 13.2 Å². The molecule has 3 aliphatic rings. The number of piperidine rings is 1. The number of para-hydroxylation sites is 1. The Labute approximate surface area is 245 Å². The molecule has 0 aromatic heterocycles. The number of benzene rings is 2. The van der Waals surface area contributed by atoms with Crippen molar-refractivity contribution in [2.45, 2.75) is 94.9 Å². The van der Waals surface area contributed by atoms with Crippen LogP contribution in [0.1, 0.15) is 70.4 Å². The summed E-state index contributed by atoms with van der Waals surface area (Å²) in [6, 6.07) is 11.4. The molecule has 0 saturated carbocycles. The Hall–Kier alpha value is -2.79. The number of nitrogens with one attached hydrogen (secondary N) is 2. The maximum absolute atomic E-state index is 13.5. The first kappa shape index (κ1) is 29.7. The zero-order chi connectivity index (χ0) is 29.5. The number of ether oxygens (including phenoxy) is 1. The first-order valence-electron chi connectivity index (χ1n) is 14.9. The highest BCUT2D eigenvalue weighted by Crippen LogP contribution is 2.44. The van der Waals surface area contributed by atoms with Gasteiger partial charge in [0.25, 0.3) is 0 Å². The van der Waals surface area contributed by atoms with Gasteiger partial charge in [0.2, 0.25) is 0 Å². The molecule has 1 saturated heterocycles. The monoisotopic (exact) mass is 582 g/mol. The summed E-state index contributed by atoms with van der Waals surface area (Å²) in [5.74, 6) is 2.13. The van der Waals surface area contributed by atoms with Gasteiger partial charge >= 0.3 is 0 Å². The fraction of sp³-hybridized carbons (Fsp3) is 0.548. The molecule has 2 unspecified atom stereocenters.